The smallest absolute Gasteiger partial charge is 0.216 e. The molecule has 154 valence electrons. The van der Waals surface area contributed by atoms with Gasteiger partial charge >= 0.3 is 12.4 Å². The molecular weight excluding hydrogens is 416 g/mol. The van der Waals surface area contributed by atoms with Gasteiger partial charge in [0.15, 0.2) is 0 Å². The first kappa shape index (κ1) is 21.2. The van der Waals surface area contributed by atoms with Crippen molar-refractivity contribution in [2.45, 2.75) is 31.1 Å². The van der Waals surface area contributed by atoms with E-state index in [0.717, 1.165) is 24.3 Å². The third-order valence-corrected chi connectivity index (χ3v) is 5.12. The maximum Gasteiger partial charge on any atom is 0.416 e. The molecule has 29 heavy (non-hydrogen) atoms. The third kappa shape index (κ3) is 4.42. The summed E-state index contributed by atoms with van der Waals surface area (Å²) < 4.78 is 78.7. The third-order valence-electron chi connectivity index (χ3n) is 4.20. The number of benzene rings is 2. The second-order valence-corrected chi connectivity index (χ2v) is 7.43. The topological polar surface area (TPSA) is 30.7 Å². The van der Waals surface area contributed by atoms with Gasteiger partial charge < -0.3 is 0 Å². The van der Waals surface area contributed by atoms with Gasteiger partial charge in [0.25, 0.3) is 0 Å². The molecule has 0 fully saturated rings. The Bertz CT molecular complexity index is 1010. The van der Waals surface area contributed by atoms with Crippen LogP contribution >= 0.6 is 11.8 Å². The molecule has 0 spiro atoms. The Kier molecular flexibility index (Phi) is 5.66. The van der Waals surface area contributed by atoms with E-state index in [4.69, 9.17) is 0 Å². The number of halogens is 6. The summed E-state index contributed by atoms with van der Waals surface area (Å²) in [6.45, 7) is 3.47. The molecule has 0 aliphatic carbocycles. The SMILES string of the molecule is CCSc1cc(C(F)(F)F)ccc1-n1nnc(-c2ccc(C(F)(F)F)cc2)c1C. The van der Waals surface area contributed by atoms with E-state index in [0.29, 0.717) is 33.3 Å². The Hall–Kier alpha value is -2.49. The molecule has 0 saturated carbocycles. The summed E-state index contributed by atoms with van der Waals surface area (Å²) in [5.41, 5.74) is 0.161. The molecule has 3 nitrogen and oxygen atoms in total. The van der Waals surface area contributed by atoms with Gasteiger partial charge in [-0.1, -0.05) is 24.3 Å². The van der Waals surface area contributed by atoms with E-state index in [-0.39, 0.29) is 0 Å². The normalized spacial score (nSPS) is 12.4. The lowest BCUT2D eigenvalue weighted by Gasteiger charge is -2.13. The van der Waals surface area contributed by atoms with Crippen molar-refractivity contribution >= 4 is 11.8 Å². The van der Waals surface area contributed by atoms with E-state index in [1.807, 2.05) is 6.92 Å². The summed E-state index contributed by atoms with van der Waals surface area (Å²) in [4.78, 5) is 0.384. The lowest BCUT2D eigenvalue weighted by atomic mass is 10.1. The fourth-order valence-corrected chi connectivity index (χ4v) is 3.60. The molecule has 10 heteroatoms. The minimum atomic E-state index is -4.47. The van der Waals surface area contributed by atoms with Gasteiger partial charge in [-0.25, -0.2) is 4.68 Å². The van der Waals surface area contributed by atoms with Crippen molar-refractivity contribution in [3.63, 3.8) is 0 Å². The van der Waals surface area contributed by atoms with Crippen LogP contribution in [0, 0.1) is 6.92 Å². The minimum absolute atomic E-state index is 0.353. The van der Waals surface area contributed by atoms with Crippen LogP contribution in [0.2, 0.25) is 0 Å². The number of alkyl halides is 6. The highest BCUT2D eigenvalue weighted by molar-refractivity contribution is 7.99. The van der Waals surface area contributed by atoms with Crippen LogP contribution in [0.4, 0.5) is 26.3 Å². The molecular formula is C19H15F6N3S. The maximum absolute atomic E-state index is 13.0. The Morgan fingerprint density at radius 3 is 2.03 bits per heavy atom. The van der Waals surface area contributed by atoms with Crippen molar-refractivity contribution in [2.24, 2.45) is 0 Å². The largest absolute Gasteiger partial charge is 0.416 e. The molecule has 0 radical (unpaired) electrons. The van der Waals surface area contributed by atoms with Crippen molar-refractivity contribution in [2.75, 3.05) is 5.75 Å². The number of aromatic nitrogens is 3. The predicted octanol–water partition coefficient (Wildman–Crippen LogP) is 6.39. The summed E-state index contributed by atoms with van der Waals surface area (Å²) in [7, 11) is 0. The Morgan fingerprint density at radius 2 is 1.48 bits per heavy atom. The van der Waals surface area contributed by atoms with Crippen molar-refractivity contribution in [1.29, 1.82) is 0 Å². The van der Waals surface area contributed by atoms with Crippen LogP contribution in [0.25, 0.3) is 16.9 Å². The minimum Gasteiger partial charge on any atom is -0.216 e. The van der Waals surface area contributed by atoms with Gasteiger partial charge in [0.05, 0.1) is 22.5 Å². The van der Waals surface area contributed by atoms with E-state index in [1.165, 1.54) is 34.6 Å². The first-order valence-electron chi connectivity index (χ1n) is 8.46. The average molecular weight is 431 g/mol. The molecule has 2 aromatic carbocycles. The zero-order valence-electron chi connectivity index (χ0n) is 15.3. The van der Waals surface area contributed by atoms with Crippen LogP contribution < -0.4 is 0 Å². The molecule has 0 aliphatic heterocycles. The molecule has 3 rings (SSSR count). The number of hydrogen-bond donors (Lipinski definition) is 0. The van der Waals surface area contributed by atoms with Gasteiger partial charge in [-0.05, 0) is 43.0 Å². The van der Waals surface area contributed by atoms with Gasteiger partial charge in [-0.3, -0.25) is 0 Å². The van der Waals surface area contributed by atoms with Crippen molar-refractivity contribution < 1.29 is 26.3 Å². The molecule has 0 saturated heterocycles. The monoisotopic (exact) mass is 431 g/mol. The Balaban J connectivity index is 2.03. The molecule has 0 amide bonds. The molecule has 0 unspecified atom stereocenters. The fraction of sp³-hybridized carbons (Fsp3) is 0.263. The second kappa shape index (κ2) is 7.74. The van der Waals surface area contributed by atoms with Gasteiger partial charge in [0, 0.05) is 10.5 Å². The van der Waals surface area contributed by atoms with Crippen LogP contribution in [0.1, 0.15) is 23.7 Å². The highest BCUT2D eigenvalue weighted by Gasteiger charge is 2.32. The van der Waals surface area contributed by atoms with E-state index in [1.54, 1.807) is 6.92 Å². The molecule has 0 bridgehead atoms. The maximum atomic E-state index is 13.0. The van der Waals surface area contributed by atoms with Gasteiger partial charge in [-0.15, -0.1) is 16.9 Å². The van der Waals surface area contributed by atoms with Gasteiger partial charge in [-0.2, -0.15) is 26.3 Å². The van der Waals surface area contributed by atoms with E-state index in [2.05, 4.69) is 10.3 Å². The summed E-state index contributed by atoms with van der Waals surface area (Å²) >= 11 is 1.23. The van der Waals surface area contributed by atoms with Crippen molar-refractivity contribution in [1.82, 2.24) is 15.0 Å². The molecule has 1 heterocycles. The average Bonchev–Trinajstić information content (AvgIpc) is 3.02. The molecule has 3 aromatic rings. The van der Waals surface area contributed by atoms with Crippen LogP contribution in [0.3, 0.4) is 0 Å². The second-order valence-electron chi connectivity index (χ2n) is 6.12. The summed E-state index contributed by atoms with van der Waals surface area (Å²) in [5.74, 6) is 0.549. The van der Waals surface area contributed by atoms with Crippen molar-refractivity contribution in [3.8, 4) is 16.9 Å². The zero-order valence-corrected chi connectivity index (χ0v) is 16.1. The van der Waals surface area contributed by atoms with Crippen LogP contribution in [0.5, 0.6) is 0 Å². The summed E-state index contributed by atoms with van der Waals surface area (Å²) in [6.07, 6.45) is -8.91. The zero-order chi connectivity index (χ0) is 21.4. The molecule has 0 aliphatic rings. The van der Waals surface area contributed by atoms with E-state index >= 15 is 0 Å². The number of nitrogens with zero attached hydrogens (tertiary/aromatic N) is 3. The highest BCUT2D eigenvalue weighted by Crippen LogP contribution is 2.36. The fourth-order valence-electron chi connectivity index (χ4n) is 2.78. The first-order valence-corrected chi connectivity index (χ1v) is 9.45. The quantitative estimate of drug-likeness (QED) is 0.354. The van der Waals surface area contributed by atoms with E-state index in [9.17, 15) is 26.3 Å². The standard InChI is InChI=1S/C19H15F6N3S/c1-3-29-16-10-14(19(23,24)25)8-9-15(16)28-11(2)17(26-27-28)12-4-6-13(7-5-12)18(20,21)22/h4-10H,3H2,1-2H3. The summed E-state index contributed by atoms with van der Waals surface area (Å²) in [6, 6.07) is 7.82. The van der Waals surface area contributed by atoms with Crippen LogP contribution in [-0.4, -0.2) is 20.7 Å². The summed E-state index contributed by atoms with van der Waals surface area (Å²) in [5, 5.41) is 8.05. The van der Waals surface area contributed by atoms with E-state index < -0.39 is 23.5 Å². The van der Waals surface area contributed by atoms with Crippen LogP contribution in [0.15, 0.2) is 47.4 Å². The number of hydrogen-bond acceptors (Lipinski definition) is 3. The van der Waals surface area contributed by atoms with Crippen LogP contribution in [-0.2, 0) is 12.4 Å². The van der Waals surface area contributed by atoms with Gasteiger partial charge in [0.1, 0.15) is 5.69 Å². The predicted molar refractivity (Wildman–Crippen MR) is 97.9 cm³/mol. The highest BCUT2D eigenvalue weighted by atomic mass is 32.2. The Morgan fingerprint density at radius 1 is 0.897 bits per heavy atom. The molecule has 1 aromatic heterocycles. The molecule has 0 N–H and O–H groups in total. The Labute approximate surface area is 166 Å². The van der Waals surface area contributed by atoms with Crippen molar-refractivity contribution in [3.05, 3.63) is 59.3 Å². The lowest BCUT2D eigenvalue weighted by molar-refractivity contribution is -0.138. The van der Waals surface area contributed by atoms with Gasteiger partial charge in [0.2, 0.25) is 0 Å². The number of rotatable bonds is 4. The first-order chi connectivity index (χ1) is 13.5. The number of thioether (sulfide) groups is 1. The molecule has 0 atom stereocenters. The lowest BCUT2D eigenvalue weighted by Crippen LogP contribution is -2.07.